The highest BCUT2D eigenvalue weighted by Crippen LogP contribution is 2.36. The summed E-state index contributed by atoms with van der Waals surface area (Å²) < 4.78 is 30.8. The largest absolute Gasteiger partial charge is 0.487 e. The van der Waals surface area contributed by atoms with Gasteiger partial charge >= 0.3 is 0 Å². The standard InChI is InChI=1S/C21H27N3O3S/c1-23(2)20-15-28(25,26)21-13-24(12-19(20)21)11-16-6-8-18(9-7-16)27-14-17-5-3-4-10-22-17/h3-10,19-21H,11-15H2,1-2H3/t19-,20+,21-/m0/s1. The number of fused-ring (bicyclic) bond motifs is 1. The Morgan fingerprint density at radius 3 is 2.61 bits per heavy atom. The first kappa shape index (κ1) is 19.4. The summed E-state index contributed by atoms with van der Waals surface area (Å²) in [5.41, 5.74) is 2.07. The predicted molar refractivity (Wildman–Crippen MR) is 109 cm³/mol. The minimum absolute atomic E-state index is 0.127. The highest BCUT2D eigenvalue weighted by atomic mass is 32.2. The van der Waals surface area contributed by atoms with E-state index in [1.165, 1.54) is 5.56 Å². The molecule has 150 valence electrons. The van der Waals surface area contributed by atoms with Gasteiger partial charge in [-0.05, 0) is 43.9 Å². The highest BCUT2D eigenvalue weighted by molar-refractivity contribution is 7.92. The molecule has 0 bridgehead atoms. The molecular formula is C21H27N3O3S. The molecule has 0 N–H and O–H groups in total. The molecule has 0 unspecified atom stereocenters. The minimum Gasteiger partial charge on any atom is -0.487 e. The fourth-order valence-corrected chi connectivity index (χ4v) is 6.87. The predicted octanol–water partition coefficient (Wildman–Crippen LogP) is 1.82. The summed E-state index contributed by atoms with van der Waals surface area (Å²) in [4.78, 5) is 8.59. The van der Waals surface area contributed by atoms with Crippen LogP contribution in [0.2, 0.25) is 0 Å². The van der Waals surface area contributed by atoms with Crippen LogP contribution >= 0.6 is 0 Å². The van der Waals surface area contributed by atoms with Crippen LogP contribution in [0.15, 0.2) is 48.7 Å². The maximum atomic E-state index is 12.5. The molecule has 0 radical (unpaired) electrons. The normalized spacial score (nSPS) is 26.5. The van der Waals surface area contributed by atoms with Crippen LogP contribution in [0, 0.1) is 5.92 Å². The third-order valence-corrected chi connectivity index (χ3v) is 8.08. The molecule has 2 fully saturated rings. The van der Waals surface area contributed by atoms with Crippen molar-refractivity contribution in [1.82, 2.24) is 14.8 Å². The number of pyridine rings is 1. The van der Waals surface area contributed by atoms with Crippen molar-refractivity contribution < 1.29 is 13.2 Å². The molecule has 0 spiro atoms. The van der Waals surface area contributed by atoms with Crippen molar-refractivity contribution in [2.24, 2.45) is 5.92 Å². The van der Waals surface area contributed by atoms with Gasteiger partial charge in [0.15, 0.2) is 9.84 Å². The van der Waals surface area contributed by atoms with E-state index in [0.717, 1.165) is 24.5 Å². The van der Waals surface area contributed by atoms with Crippen LogP contribution in [0.25, 0.3) is 0 Å². The van der Waals surface area contributed by atoms with Crippen LogP contribution in [0.1, 0.15) is 11.3 Å². The second-order valence-electron chi connectivity index (χ2n) is 8.01. The lowest BCUT2D eigenvalue weighted by Gasteiger charge is -2.25. The summed E-state index contributed by atoms with van der Waals surface area (Å²) in [5, 5.41) is -0.221. The van der Waals surface area contributed by atoms with Crippen molar-refractivity contribution in [3.8, 4) is 5.75 Å². The minimum atomic E-state index is -2.99. The van der Waals surface area contributed by atoms with Crippen LogP contribution in [0.3, 0.4) is 0 Å². The fraction of sp³-hybridized carbons (Fsp3) is 0.476. The summed E-state index contributed by atoms with van der Waals surface area (Å²) in [6.45, 7) is 2.68. The van der Waals surface area contributed by atoms with Gasteiger partial charge in [0.25, 0.3) is 0 Å². The Bertz CT molecular complexity index is 900. The molecule has 28 heavy (non-hydrogen) atoms. The fourth-order valence-electron chi connectivity index (χ4n) is 4.37. The smallest absolute Gasteiger partial charge is 0.156 e. The van der Waals surface area contributed by atoms with Crippen molar-refractivity contribution in [3.05, 3.63) is 59.9 Å². The van der Waals surface area contributed by atoms with Crippen molar-refractivity contribution >= 4 is 9.84 Å². The van der Waals surface area contributed by atoms with Crippen molar-refractivity contribution in [2.75, 3.05) is 32.9 Å². The number of likely N-dealkylation sites (tertiary alicyclic amines) is 1. The number of ether oxygens (including phenoxy) is 1. The number of rotatable bonds is 6. The molecule has 0 aliphatic carbocycles. The van der Waals surface area contributed by atoms with Crippen molar-refractivity contribution in [2.45, 2.75) is 24.4 Å². The average Bonchev–Trinajstić information content (AvgIpc) is 3.20. The van der Waals surface area contributed by atoms with E-state index in [1.54, 1.807) is 6.20 Å². The lowest BCUT2D eigenvalue weighted by molar-refractivity contribution is 0.229. The summed E-state index contributed by atoms with van der Waals surface area (Å²) in [6, 6.07) is 13.9. The van der Waals surface area contributed by atoms with Gasteiger partial charge in [-0.2, -0.15) is 0 Å². The van der Waals surface area contributed by atoms with Gasteiger partial charge in [0.1, 0.15) is 12.4 Å². The van der Waals surface area contributed by atoms with Crippen LogP contribution in [0.4, 0.5) is 0 Å². The van der Waals surface area contributed by atoms with E-state index in [4.69, 9.17) is 4.74 Å². The average molecular weight is 402 g/mol. The maximum absolute atomic E-state index is 12.5. The van der Waals surface area contributed by atoms with Gasteiger partial charge < -0.3 is 9.64 Å². The molecule has 2 aliphatic heterocycles. The van der Waals surface area contributed by atoms with Gasteiger partial charge in [-0.3, -0.25) is 9.88 Å². The van der Waals surface area contributed by atoms with E-state index < -0.39 is 9.84 Å². The van der Waals surface area contributed by atoms with Crippen molar-refractivity contribution in [1.29, 1.82) is 0 Å². The van der Waals surface area contributed by atoms with Gasteiger partial charge in [0, 0.05) is 37.8 Å². The second kappa shape index (κ2) is 7.81. The Balaban J connectivity index is 1.35. The van der Waals surface area contributed by atoms with E-state index in [1.807, 2.05) is 44.4 Å². The maximum Gasteiger partial charge on any atom is 0.156 e. The Kier molecular flexibility index (Phi) is 5.40. The molecule has 0 saturated carbocycles. The number of hydrogen-bond donors (Lipinski definition) is 0. The Morgan fingerprint density at radius 1 is 1.14 bits per heavy atom. The van der Waals surface area contributed by atoms with Crippen LogP contribution < -0.4 is 4.74 Å². The second-order valence-corrected chi connectivity index (χ2v) is 10.3. The third-order valence-electron chi connectivity index (χ3n) is 5.85. The molecule has 7 heteroatoms. The molecule has 3 heterocycles. The summed E-state index contributed by atoms with van der Waals surface area (Å²) in [5.74, 6) is 1.31. The van der Waals surface area contributed by atoms with Gasteiger partial charge in [0.05, 0.1) is 16.7 Å². The first-order chi connectivity index (χ1) is 13.4. The first-order valence-electron chi connectivity index (χ1n) is 9.64. The summed E-state index contributed by atoms with van der Waals surface area (Å²) in [6.07, 6.45) is 1.76. The monoisotopic (exact) mass is 401 g/mol. The molecule has 2 aromatic rings. The lowest BCUT2D eigenvalue weighted by Crippen LogP contribution is -2.37. The van der Waals surface area contributed by atoms with E-state index in [9.17, 15) is 8.42 Å². The number of sulfone groups is 1. The zero-order chi connectivity index (χ0) is 19.7. The lowest BCUT2D eigenvalue weighted by atomic mass is 10.00. The molecule has 6 nitrogen and oxygen atoms in total. The van der Waals surface area contributed by atoms with E-state index in [2.05, 4.69) is 26.9 Å². The third kappa shape index (κ3) is 4.06. The molecule has 3 atom stereocenters. The van der Waals surface area contributed by atoms with Crippen molar-refractivity contribution in [3.63, 3.8) is 0 Å². The number of benzene rings is 1. The van der Waals surface area contributed by atoms with Gasteiger partial charge in [-0.25, -0.2) is 8.42 Å². The van der Waals surface area contributed by atoms with Gasteiger partial charge in [0.2, 0.25) is 0 Å². The Labute approximate surface area is 167 Å². The molecule has 1 aromatic heterocycles. The summed E-state index contributed by atoms with van der Waals surface area (Å²) >= 11 is 0. The van der Waals surface area contributed by atoms with Gasteiger partial charge in [-0.15, -0.1) is 0 Å². The van der Waals surface area contributed by atoms with E-state index in [-0.39, 0.29) is 17.2 Å². The van der Waals surface area contributed by atoms with Crippen LogP contribution in [0.5, 0.6) is 5.75 Å². The molecule has 1 aromatic carbocycles. The Hall–Kier alpha value is -1.96. The number of nitrogens with zero attached hydrogens (tertiary/aromatic N) is 3. The highest BCUT2D eigenvalue weighted by Gasteiger charge is 2.52. The first-order valence-corrected chi connectivity index (χ1v) is 11.4. The van der Waals surface area contributed by atoms with E-state index in [0.29, 0.717) is 18.9 Å². The number of aromatic nitrogens is 1. The molecule has 2 saturated heterocycles. The topological polar surface area (TPSA) is 62.7 Å². The SMILES string of the molecule is CN(C)[C@@H]1CS(=O)(=O)[C@H]2CN(Cc3ccc(OCc4ccccn4)cc3)C[C@@H]12. The summed E-state index contributed by atoms with van der Waals surface area (Å²) in [7, 11) is 0.969. The van der Waals surface area contributed by atoms with Gasteiger partial charge in [-0.1, -0.05) is 18.2 Å². The van der Waals surface area contributed by atoms with Crippen LogP contribution in [-0.2, 0) is 23.0 Å². The quantitative estimate of drug-likeness (QED) is 0.736. The molecule has 4 rings (SSSR count). The van der Waals surface area contributed by atoms with Crippen LogP contribution in [-0.4, -0.2) is 67.4 Å². The molecule has 0 amide bonds. The zero-order valence-electron chi connectivity index (χ0n) is 16.4. The Morgan fingerprint density at radius 2 is 1.93 bits per heavy atom. The number of hydrogen-bond acceptors (Lipinski definition) is 6. The molecular weight excluding hydrogens is 374 g/mol. The zero-order valence-corrected chi connectivity index (χ0v) is 17.2. The van der Waals surface area contributed by atoms with E-state index >= 15 is 0 Å². The molecule has 2 aliphatic rings.